The minimum Gasteiger partial charge on any atom is -0.374 e. The highest BCUT2D eigenvalue weighted by atomic mass is 24.3. The van der Waals surface area contributed by atoms with Gasteiger partial charge in [-0.25, -0.2) is 0 Å². The van der Waals surface area contributed by atoms with Crippen LogP contribution in [0.25, 0.3) is 0 Å². The summed E-state index contributed by atoms with van der Waals surface area (Å²) in [5.41, 5.74) is 0. The highest BCUT2D eigenvalue weighted by molar-refractivity contribution is 5.75. The quantitative estimate of drug-likeness (QED) is 0.314. The van der Waals surface area contributed by atoms with Gasteiger partial charge in [-0.1, -0.05) is 0 Å². The highest BCUT2D eigenvalue weighted by Gasteiger charge is 1.77. The van der Waals surface area contributed by atoms with Crippen molar-refractivity contribution in [3.05, 3.63) is 0 Å². The van der Waals surface area contributed by atoms with Gasteiger partial charge in [-0.15, -0.1) is 0 Å². The van der Waals surface area contributed by atoms with Crippen molar-refractivity contribution in [2.75, 3.05) is 0 Å². The van der Waals surface area contributed by atoms with Gasteiger partial charge in [0.1, 0.15) is 0 Å². The fraction of sp³-hybridized carbons (Fsp3) is 0.500. The second-order valence-corrected chi connectivity index (χ2v) is 0.609. The Kier molecular flexibility index (Phi) is 8.23. The van der Waals surface area contributed by atoms with Crippen molar-refractivity contribution in [1.82, 2.24) is 0 Å². The molecule has 6 heavy (non-hydrogen) atoms. The molecule has 2 radical (unpaired) electrons. The molecule has 0 atom stereocenters. The number of rotatable bonds is 0. The molecule has 32 valence electrons. The van der Waals surface area contributed by atoms with Gasteiger partial charge in [0, 0.05) is 30.0 Å². The highest BCUT2D eigenvalue weighted by Crippen LogP contribution is 1.55. The van der Waals surface area contributed by atoms with Crippen LogP contribution in [0, 0.1) is 0 Å². The van der Waals surface area contributed by atoms with Crippen molar-refractivity contribution in [1.29, 1.82) is 0 Å². The van der Waals surface area contributed by atoms with Crippen LogP contribution in [-0.2, 0) is 9.63 Å². The lowest BCUT2D eigenvalue weighted by Gasteiger charge is -1.79. The maximum Gasteiger partial charge on any atom is 0.321 e. The molecule has 4 heteroatoms. The predicted molar refractivity (Wildman–Crippen MR) is 21.7 cm³/mol. The fourth-order valence-electron chi connectivity index (χ4n) is 0. The summed E-state index contributed by atoms with van der Waals surface area (Å²) in [6, 6.07) is 0. The molecule has 0 bridgehead atoms. The van der Waals surface area contributed by atoms with Crippen molar-refractivity contribution in [2.24, 2.45) is 5.90 Å². The molecule has 3 nitrogen and oxygen atoms in total. The van der Waals surface area contributed by atoms with Gasteiger partial charge in [-0.05, 0) is 0 Å². The third kappa shape index (κ3) is 8.89. The molecule has 0 rings (SSSR count). The molecule has 0 unspecified atom stereocenters. The summed E-state index contributed by atoms with van der Waals surface area (Å²) in [4.78, 5) is 13.1. The molecule has 0 aliphatic heterocycles. The van der Waals surface area contributed by atoms with Crippen LogP contribution in [-0.4, -0.2) is 29.0 Å². The third-order valence-corrected chi connectivity index (χ3v) is 0.166. The second-order valence-electron chi connectivity index (χ2n) is 0.609. The van der Waals surface area contributed by atoms with Crippen LogP contribution in [0.2, 0.25) is 0 Å². The van der Waals surface area contributed by atoms with Crippen LogP contribution in [0.15, 0.2) is 0 Å². The van der Waals surface area contributed by atoms with Crippen molar-refractivity contribution in [2.45, 2.75) is 6.92 Å². The van der Waals surface area contributed by atoms with Crippen molar-refractivity contribution >= 4 is 29.0 Å². The van der Waals surface area contributed by atoms with E-state index >= 15 is 0 Å². The molecule has 0 saturated carbocycles. The van der Waals surface area contributed by atoms with E-state index in [2.05, 4.69) is 10.7 Å². The zero-order valence-corrected chi connectivity index (χ0v) is 5.02. The van der Waals surface area contributed by atoms with Crippen molar-refractivity contribution < 1.29 is 9.63 Å². The summed E-state index contributed by atoms with van der Waals surface area (Å²) in [6.07, 6.45) is 0. The summed E-state index contributed by atoms with van der Waals surface area (Å²) < 4.78 is 0. The Morgan fingerprint density at radius 2 is 2.00 bits per heavy atom. The lowest BCUT2D eigenvalue weighted by molar-refractivity contribution is -0.141. The zero-order chi connectivity index (χ0) is 4.28. The van der Waals surface area contributed by atoms with E-state index in [1.165, 1.54) is 6.92 Å². The van der Waals surface area contributed by atoms with Crippen LogP contribution in [0.3, 0.4) is 0 Å². The van der Waals surface area contributed by atoms with Crippen molar-refractivity contribution in [3.63, 3.8) is 0 Å². The number of carbonyl (C=O) groups is 1. The van der Waals surface area contributed by atoms with E-state index in [0.29, 0.717) is 0 Å². The van der Waals surface area contributed by atoms with Crippen molar-refractivity contribution in [3.8, 4) is 0 Å². The zero-order valence-electron chi connectivity index (χ0n) is 3.60. The Morgan fingerprint density at radius 1 is 1.83 bits per heavy atom. The molecule has 0 aromatic rings. The van der Waals surface area contributed by atoms with E-state index in [9.17, 15) is 4.79 Å². The van der Waals surface area contributed by atoms with Gasteiger partial charge in [0.2, 0.25) is 0 Å². The first-order chi connectivity index (χ1) is 2.27. The molecule has 0 aliphatic rings. The lowest BCUT2D eigenvalue weighted by atomic mass is 10.8. The minimum atomic E-state index is -0.468. The van der Waals surface area contributed by atoms with Gasteiger partial charge in [0.15, 0.2) is 0 Å². The van der Waals surface area contributed by atoms with Crippen LogP contribution in [0.4, 0.5) is 0 Å². The molecular weight excluding hydrogens is 94.3 g/mol. The van der Waals surface area contributed by atoms with Gasteiger partial charge >= 0.3 is 5.97 Å². The van der Waals surface area contributed by atoms with Gasteiger partial charge in [0.05, 0.1) is 0 Å². The Bertz CT molecular complexity index is 46.8. The molecule has 0 saturated heterocycles. The molecule has 0 aromatic carbocycles. The molecule has 0 heterocycles. The number of carbonyl (C=O) groups excluding carboxylic acids is 1. The number of hydrogen-bond donors (Lipinski definition) is 1. The standard InChI is InChI=1S/C2H5NO2.Mg/c1-2(4)5-3;/h3H2,1H3;. The Morgan fingerprint density at radius 3 is 2.00 bits per heavy atom. The molecular formula is C2H5MgNO2. The van der Waals surface area contributed by atoms with Crippen LogP contribution >= 0.6 is 0 Å². The summed E-state index contributed by atoms with van der Waals surface area (Å²) in [5, 5.41) is 0. The first-order valence-corrected chi connectivity index (χ1v) is 1.14. The number of nitrogens with two attached hydrogens (primary N) is 1. The van der Waals surface area contributed by atoms with E-state index in [1.807, 2.05) is 0 Å². The maximum absolute atomic E-state index is 9.47. The molecule has 0 fully saturated rings. The second kappa shape index (κ2) is 5.20. The van der Waals surface area contributed by atoms with Gasteiger partial charge in [-0.2, -0.15) is 5.90 Å². The lowest BCUT2D eigenvalue weighted by Crippen LogP contribution is -2.03. The largest absolute Gasteiger partial charge is 0.374 e. The van der Waals surface area contributed by atoms with Crippen LogP contribution < -0.4 is 5.90 Å². The average Bonchev–Trinajstić information content (AvgIpc) is 1.38. The van der Waals surface area contributed by atoms with E-state index < -0.39 is 5.97 Å². The van der Waals surface area contributed by atoms with Gasteiger partial charge in [-0.3, -0.25) is 4.79 Å². The fourth-order valence-corrected chi connectivity index (χ4v) is 0. The summed E-state index contributed by atoms with van der Waals surface area (Å²) in [5.74, 6) is 3.85. The normalized spacial score (nSPS) is 5.67. The molecule has 2 N–H and O–H groups in total. The first kappa shape index (κ1) is 9.50. The van der Waals surface area contributed by atoms with Crippen LogP contribution in [0.5, 0.6) is 0 Å². The Hall–Kier alpha value is 0.196. The average molecular weight is 99.4 g/mol. The van der Waals surface area contributed by atoms with E-state index in [-0.39, 0.29) is 23.1 Å². The maximum atomic E-state index is 9.47. The topological polar surface area (TPSA) is 52.3 Å². The predicted octanol–water partition coefficient (Wildman–Crippen LogP) is -0.958. The van der Waals surface area contributed by atoms with E-state index in [0.717, 1.165) is 0 Å². The van der Waals surface area contributed by atoms with Crippen LogP contribution in [0.1, 0.15) is 6.92 Å². The summed E-state index contributed by atoms with van der Waals surface area (Å²) >= 11 is 0. The molecule has 0 spiro atoms. The smallest absolute Gasteiger partial charge is 0.321 e. The molecule has 0 aliphatic carbocycles. The SMILES string of the molecule is CC(=O)ON.[Mg]. The van der Waals surface area contributed by atoms with E-state index in [1.54, 1.807) is 0 Å². The van der Waals surface area contributed by atoms with Gasteiger partial charge < -0.3 is 4.84 Å². The summed E-state index contributed by atoms with van der Waals surface area (Å²) in [6.45, 7) is 1.24. The first-order valence-electron chi connectivity index (χ1n) is 1.14. The Labute approximate surface area is 51.9 Å². The van der Waals surface area contributed by atoms with E-state index in [4.69, 9.17) is 0 Å². The Balaban J connectivity index is 0. The van der Waals surface area contributed by atoms with Gasteiger partial charge in [0.25, 0.3) is 0 Å². The minimum absolute atomic E-state index is 0. The molecule has 0 aromatic heterocycles. The molecule has 0 amide bonds. The summed E-state index contributed by atoms with van der Waals surface area (Å²) in [7, 11) is 0. The third-order valence-electron chi connectivity index (χ3n) is 0.166. The monoisotopic (exact) mass is 99.0 g/mol. The number of hydrogen-bond acceptors (Lipinski definition) is 3.